The summed E-state index contributed by atoms with van der Waals surface area (Å²) in [6, 6.07) is 4.13. The standard InChI is InChI=1S/C19H27N5O.ClH/c1-2-12-24(13-3-1)17-6-5-16(14-21-17)19-22-18(25-23-19)7-4-15-8-10-20-11-9-15;/h5-6,14-15,20H,1-4,7-13H2;1H. The highest BCUT2D eigenvalue weighted by Gasteiger charge is 2.16. The summed E-state index contributed by atoms with van der Waals surface area (Å²) in [6.45, 7) is 4.48. The van der Waals surface area contributed by atoms with Crippen molar-refractivity contribution >= 4 is 18.2 Å². The molecule has 26 heavy (non-hydrogen) atoms. The SMILES string of the molecule is Cl.c1cc(N2CCCCC2)ncc1-c1noc(CCC2CCNCC2)n1. The number of aryl methyl sites for hydroxylation is 1. The van der Waals surface area contributed by atoms with Gasteiger partial charge in [0.25, 0.3) is 0 Å². The number of nitrogens with zero attached hydrogens (tertiary/aromatic N) is 4. The Hall–Kier alpha value is -1.66. The molecule has 2 aromatic heterocycles. The summed E-state index contributed by atoms with van der Waals surface area (Å²) in [5.74, 6) is 3.23. The highest BCUT2D eigenvalue weighted by atomic mass is 35.5. The maximum atomic E-state index is 5.44. The van der Waals surface area contributed by atoms with E-state index in [1.165, 1.54) is 32.1 Å². The van der Waals surface area contributed by atoms with E-state index in [1.54, 1.807) is 0 Å². The van der Waals surface area contributed by atoms with Gasteiger partial charge >= 0.3 is 0 Å². The molecule has 0 amide bonds. The Labute approximate surface area is 161 Å². The maximum absolute atomic E-state index is 5.44. The number of piperidine rings is 2. The normalized spacial score (nSPS) is 18.5. The minimum atomic E-state index is 0. The molecule has 0 aliphatic carbocycles. The van der Waals surface area contributed by atoms with E-state index in [0.29, 0.717) is 5.82 Å². The van der Waals surface area contributed by atoms with Gasteiger partial charge in [-0.2, -0.15) is 4.98 Å². The quantitative estimate of drug-likeness (QED) is 0.860. The molecular formula is C19H28ClN5O. The fraction of sp³-hybridized carbons (Fsp3) is 0.632. The van der Waals surface area contributed by atoms with Gasteiger partial charge in [0.2, 0.25) is 11.7 Å². The number of hydrogen-bond acceptors (Lipinski definition) is 6. The molecule has 142 valence electrons. The molecule has 2 aliphatic rings. The van der Waals surface area contributed by atoms with Crippen LogP contribution >= 0.6 is 12.4 Å². The van der Waals surface area contributed by atoms with Crippen LogP contribution in [0.5, 0.6) is 0 Å². The minimum absolute atomic E-state index is 0. The lowest BCUT2D eigenvalue weighted by molar-refractivity contribution is 0.324. The van der Waals surface area contributed by atoms with Gasteiger partial charge < -0.3 is 14.7 Å². The van der Waals surface area contributed by atoms with Gasteiger partial charge in [-0.05, 0) is 69.7 Å². The van der Waals surface area contributed by atoms with Crippen LogP contribution in [0.3, 0.4) is 0 Å². The summed E-state index contributed by atoms with van der Waals surface area (Å²) in [6.07, 6.45) is 10.2. The molecule has 2 fully saturated rings. The Morgan fingerprint density at radius 3 is 2.65 bits per heavy atom. The van der Waals surface area contributed by atoms with E-state index in [9.17, 15) is 0 Å². The molecule has 2 saturated heterocycles. The molecule has 6 nitrogen and oxygen atoms in total. The van der Waals surface area contributed by atoms with E-state index in [-0.39, 0.29) is 12.4 Å². The number of pyridine rings is 1. The van der Waals surface area contributed by atoms with Crippen LogP contribution < -0.4 is 10.2 Å². The van der Waals surface area contributed by atoms with Crippen molar-refractivity contribution in [2.24, 2.45) is 5.92 Å². The molecule has 4 rings (SSSR count). The van der Waals surface area contributed by atoms with Crippen molar-refractivity contribution < 1.29 is 4.52 Å². The van der Waals surface area contributed by atoms with Gasteiger partial charge in [-0.15, -0.1) is 12.4 Å². The second kappa shape index (κ2) is 9.33. The number of rotatable bonds is 5. The molecule has 1 N–H and O–H groups in total. The molecule has 7 heteroatoms. The van der Waals surface area contributed by atoms with Crippen LogP contribution in [0.1, 0.15) is 44.4 Å². The molecule has 2 aliphatic heterocycles. The highest BCUT2D eigenvalue weighted by molar-refractivity contribution is 5.85. The van der Waals surface area contributed by atoms with Crippen molar-refractivity contribution in [1.29, 1.82) is 0 Å². The van der Waals surface area contributed by atoms with Crippen LogP contribution in [-0.4, -0.2) is 41.3 Å². The fourth-order valence-corrected chi connectivity index (χ4v) is 3.80. The zero-order valence-electron chi connectivity index (χ0n) is 15.2. The highest BCUT2D eigenvalue weighted by Crippen LogP contribution is 2.22. The van der Waals surface area contributed by atoms with E-state index in [0.717, 1.165) is 62.2 Å². The fourth-order valence-electron chi connectivity index (χ4n) is 3.80. The molecule has 0 atom stereocenters. The average molecular weight is 378 g/mol. The van der Waals surface area contributed by atoms with Crippen molar-refractivity contribution in [2.45, 2.75) is 44.9 Å². The molecule has 0 radical (unpaired) electrons. The second-order valence-electron chi connectivity index (χ2n) is 7.20. The summed E-state index contributed by atoms with van der Waals surface area (Å²) in [4.78, 5) is 11.5. The molecular weight excluding hydrogens is 350 g/mol. The van der Waals surface area contributed by atoms with Gasteiger partial charge in [0.05, 0.1) is 0 Å². The third-order valence-corrected chi connectivity index (χ3v) is 5.38. The largest absolute Gasteiger partial charge is 0.357 e. The van der Waals surface area contributed by atoms with Gasteiger partial charge in [-0.3, -0.25) is 0 Å². The van der Waals surface area contributed by atoms with Crippen molar-refractivity contribution in [3.63, 3.8) is 0 Å². The first-order valence-corrected chi connectivity index (χ1v) is 9.63. The Bertz CT molecular complexity index is 663. The molecule has 0 aromatic carbocycles. The van der Waals surface area contributed by atoms with Gasteiger partial charge in [-0.25, -0.2) is 4.98 Å². The zero-order chi connectivity index (χ0) is 16.9. The predicted molar refractivity (Wildman–Crippen MR) is 105 cm³/mol. The molecule has 0 unspecified atom stereocenters. The number of nitrogens with one attached hydrogen (secondary N) is 1. The smallest absolute Gasteiger partial charge is 0.226 e. The Morgan fingerprint density at radius 1 is 1.12 bits per heavy atom. The molecule has 0 spiro atoms. The maximum Gasteiger partial charge on any atom is 0.226 e. The number of aromatic nitrogens is 3. The molecule has 4 heterocycles. The first-order chi connectivity index (χ1) is 12.4. The van der Waals surface area contributed by atoms with E-state index in [2.05, 4.69) is 37.5 Å². The van der Waals surface area contributed by atoms with Gasteiger partial charge in [0.1, 0.15) is 5.82 Å². The van der Waals surface area contributed by atoms with E-state index in [1.807, 2.05) is 6.20 Å². The summed E-state index contributed by atoms with van der Waals surface area (Å²) in [7, 11) is 0. The lowest BCUT2D eigenvalue weighted by Crippen LogP contribution is -2.29. The third-order valence-electron chi connectivity index (χ3n) is 5.38. The number of anilines is 1. The van der Waals surface area contributed by atoms with Crippen LogP contribution in [0.25, 0.3) is 11.4 Å². The molecule has 0 bridgehead atoms. The lowest BCUT2D eigenvalue weighted by atomic mass is 9.93. The third kappa shape index (κ3) is 4.74. The average Bonchev–Trinajstić information content (AvgIpc) is 3.17. The summed E-state index contributed by atoms with van der Waals surface area (Å²) < 4.78 is 5.44. The first-order valence-electron chi connectivity index (χ1n) is 9.63. The van der Waals surface area contributed by atoms with Crippen LogP contribution in [-0.2, 0) is 6.42 Å². The minimum Gasteiger partial charge on any atom is -0.357 e. The number of halogens is 1. The Morgan fingerprint density at radius 2 is 1.92 bits per heavy atom. The monoisotopic (exact) mass is 377 g/mol. The summed E-state index contributed by atoms with van der Waals surface area (Å²) in [5.41, 5.74) is 0.928. The van der Waals surface area contributed by atoms with Crippen molar-refractivity contribution in [3.05, 3.63) is 24.2 Å². The van der Waals surface area contributed by atoms with E-state index in [4.69, 9.17) is 4.52 Å². The van der Waals surface area contributed by atoms with Crippen LogP contribution in [0, 0.1) is 5.92 Å². The summed E-state index contributed by atoms with van der Waals surface area (Å²) >= 11 is 0. The van der Waals surface area contributed by atoms with E-state index >= 15 is 0 Å². The van der Waals surface area contributed by atoms with Crippen LogP contribution in [0.4, 0.5) is 5.82 Å². The number of hydrogen-bond donors (Lipinski definition) is 1. The molecule has 2 aromatic rings. The van der Waals surface area contributed by atoms with Crippen LogP contribution in [0.2, 0.25) is 0 Å². The second-order valence-corrected chi connectivity index (χ2v) is 7.20. The Balaban J connectivity index is 0.00000196. The van der Waals surface area contributed by atoms with E-state index < -0.39 is 0 Å². The van der Waals surface area contributed by atoms with Gasteiger partial charge in [-0.1, -0.05) is 5.16 Å². The van der Waals surface area contributed by atoms with Gasteiger partial charge in [0.15, 0.2) is 0 Å². The predicted octanol–water partition coefficient (Wildman–Crippen LogP) is 3.48. The Kier molecular flexibility index (Phi) is 6.86. The van der Waals surface area contributed by atoms with Crippen LogP contribution in [0.15, 0.2) is 22.9 Å². The van der Waals surface area contributed by atoms with Crippen molar-refractivity contribution in [2.75, 3.05) is 31.1 Å². The summed E-state index contributed by atoms with van der Waals surface area (Å²) in [5, 5.41) is 7.55. The first kappa shape index (κ1) is 19.1. The molecule has 0 saturated carbocycles. The topological polar surface area (TPSA) is 67.1 Å². The van der Waals surface area contributed by atoms with Crippen molar-refractivity contribution in [1.82, 2.24) is 20.4 Å². The lowest BCUT2D eigenvalue weighted by Gasteiger charge is -2.27. The van der Waals surface area contributed by atoms with Gasteiger partial charge in [0, 0.05) is 31.3 Å². The zero-order valence-corrected chi connectivity index (χ0v) is 16.0. The van der Waals surface area contributed by atoms with Crippen molar-refractivity contribution in [3.8, 4) is 11.4 Å².